The van der Waals surface area contributed by atoms with Crippen LogP contribution in [-0.4, -0.2) is 0 Å². The Bertz CT molecular complexity index is 96.6. The molecule has 0 bridgehead atoms. The van der Waals surface area contributed by atoms with Gasteiger partial charge in [0.2, 0.25) is 0 Å². The third-order valence-corrected chi connectivity index (χ3v) is 3.22. The fraction of sp³-hybridized carbons (Fsp3) is 1.00. The van der Waals surface area contributed by atoms with Gasteiger partial charge < -0.3 is 0 Å². The van der Waals surface area contributed by atoms with Gasteiger partial charge in [0.15, 0.2) is 0 Å². The highest BCUT2D eigenvalue weighted by Gasteiger charge is 1.88. The number of hydrogen-bond acceptors (Lipinski definition) is 0. The third kappa shape index (κ3) is 52.0. The van der Waals surface area contributed by atoms with E-state index in [1.165, 1.54) is 51.4 Å². The van der Waals surface area contributed by atoms with E-state index in [4.69, 9.17) is 0 Å². The van der Waals surface area contributed by atoms with Gasteiger partial charge in [-0.3, -0.25) is 0 Å². The van der Waals surface area contributed by atoms with E-state index in [0.717, 1.165) is 11.8 Å². The second-order valence-corrected chi connectivity index (χ2v) is 5.81. The Morgan fingerprint density at radius 3 is 1.00 bits per heavy atom. The van der Waals surface area contributed by atoms with Crippen molar-refractivity contribution in [2.75, 3.05) is 0 Å². The van der Waals surface area contributed by atoms with Crippen LogP contribution in [-0.2, 0) is 0 Å². The van der Waals surface area contributed by atoms with Crippen molar-refractivity contribution in [3.63, 3.8) is 0 Å². The maximum Gasteiger partial charge on any atom is -0.0448 e. The predicted octanol–water partition coefficient (Wildman–Crippen LogP) is 8.74. The molecule has 0 atom stereocenters. The van der Waals surface area contributed by atoms with Crippen LogP contribution in [0.4, 0.5) is 0 Å². The van der Waals surface area contributed by atoms with Gasteiger partial charge in [0, 0.05) is 0 Å². The Balaban J connectivity index is -0.0000000536. The van der Waals surface area contributed by atoms with Gasteiger partial charge in [-0.15, -0.1) is 0 Å². The monoisotopic (exact) mass is 290 g/mol. The zero-order chi connectivity index (χ0) is 14.8. The lowest BCUT2D eigenvalue weighted by Gasteiger charge is -1.98. The standard InChI is InChI=1S/3C6H14.2CH4/c1-4-5-6(2)3;1-4-6(3)5-2;1-3-5-6-4-2;;/h2*6H,4-5H2,1-3H3;3-6H2,1-2H3;2*1H4. The van der Waals surface area contributed by atoms with Crippen molar-refractivity contribution < 1.29 is 0 Å². The minimum atomic E-state index is 0. The van der Waals surface area contributed by atoms with E-state index in [1.807, 2.05) is 0 Å². The summed E-state index contributed by atoms with van der Waals surface area (Å²) < 4.78 is 0. The van der Waals surface area contributed by atoms with E-state index < -0.39 is 0 Å². The molecule has 130 valence electrons. The molecule has 0 unspecified atom stereocenters. The van der Waals surface area contributed by atoms with Crippen LogP contribution >= 0.6 is 0 Å². The molecule has 0 rings (SSSR count). The molecule has 0 aliphatic heterocycles. The Morgan fingerprint density at radius 2 is 0.950 bits per heavy atom. The molecule has 0 nitrogen and oxygen atoms in total. The smallest absolute Gasteiger partial charge is 0.0448 e. The molecule has 0 aromatic heterocycles. The van der Waals surface area contributed by atoms with Crippen molar-refractivity contribution in [3.05, 3.63) is 0 Å². The van der Waals surface area contributed by atoms with Crippen molar-refractivity contribution in [2.24, 2.45) is 11.8 Å². The Hall–Kier alpha value is 0. The highest BCUT2D eigenvalue weighted by molar-refractivity contribution is 4.41. The van der Waals surface area contributed by atoms with Crippen molar-refractivity contribution in [3.8, 4) is 0 Å². The van der Waals surface area contributed by atoms with E-state index in [1.54, 1.807) is 0 Å². The van der Waals surface area contributed by atoms with Gasteiger partial charge in [-0.2, -0.15) is 0 Å². The summed E-state index contributed by atoms with van der Waals surface area (Å²) in [4.78, 5) is 0. The number of unbranched alkanes of at least 4 members (excludes halogenated alkanes) is 3. The molecular weight excluding hydrogens is 240 g/mol. The Labute approximate surface area is 134 Å². The molecule has 0 aromatic carbocycles. The van der Waals surface area contributed by atoms with Gasteiger partial charge in [0.25, 0.3) is 0 Å². The number of hydrogen-bond donors (Lipinski definition) is 0. The fourth-order valence-electron chi connectivity index (χ4n) is 1.37. The zero-order valence-electron chi connectivity index (χ0n) is 14.8. The maximum atomic E-state index is 2.28. The molecule has 0 aliphatic carbocycles. The van der Waals surface area contributed by atoms with Gasteiger partial charge >= 0.3 is 0 Å². The minimum Gasteiger partial charge on any atom is -0.0776 e. The Morgan fingerprint density at radius 1 is 0.600 bits per heavy atom. The lowest BCUT2D eigenvalue weighted by Crippen LogP contribution is -1.85. The van der Waals surface area contributed by atoms with Crippen molar-refractivity contribution in [1.29, 1.82) is 0 Å². The third-order valence-electron chi connectivity index (χ3n) is 3.22. The molecule has 0 heteroatoms. The van der Waals surface area contributed by atoms with E-state index in [2.05, 4.69) is 55.4 Å². The van der Waals surface area contributed by atoms with Gasteiger partial charge in [0.1, 0.15) is 0 Å². The first-order valence-corrected chi connectivity index (χ1v) is 8.49. The second-order valence-electron chi connectivity index (χ2n) is 5.81. The summed E-state index contributed by atoms with van der Waals surface area (Å²) >= 11 is 0. The lowest BCUT2D eigenvalue weighted by molar-refractivity contribution is 0.544. The summed E-state index contributed by atoms with van der Waals surface area (Å²) in [5.74, 6) is 1.83. The fourth-order valence-corrected chi connectivity index (χ4v) is 1.37. The summed E-state index contributed by atoms with van der Waals surface area (Å²) in [6.45, 7) is 17.9. The largest absolute Gasteiger partial charge is 0.0776 e. The molecular formula is C20H50. The molecule has 0 aromatic rings. The van der Waals surface area contributed by atoms with Crippen LogP contribution in [0.5, 0.6) is 0 Å². The van der Waals surface area contributed by atoms with Crippen molar-refractivity contribution >= 4 is 0 Å². The quantitative estimate of drug-likeness (QED) is 0.411. The van der Waals surface area contributed by atoms with Crippen molar-refractivity contribution in [2.45, 2.75) is 122 Å². The van der Waals surface area contributed by atoms with Crippen LogP contribution in [0.15, 0.2) is 0 Å². The van der Waals surface area contributed by atoms with Crippen LogP contribution in [0, 0.1) is 11.8 Å². The molecule has 0 spiro atoms. The average molecular weight is 291 g/mol. The average Bonchev–Trinajstić information content (AvgIpc) is 2.36. The highest BCUT2D eigenvalue weighted by Crippen LogP contribution is 2.03. The molecule has 0 N–H and O–H groups in total. The molecule has 0 amide bonds. The summed E-state index contributed by atoms with van der Waals surface area (Å²) in [5, 5.41) is 0. The highest BCUT2D eigenvalue weighted by atomic mass is 13.9. The van der Waals surface area contributed by atoms with Crippen LogP contribution in [0.3, 0.4) is 0 Å². The normalized spacial score (nSPS) is 8.70. The van der Waals surface area contributed by atoms with Crippen molar-refractivity contribution in [1.82, 2.24) is 0 Å². The first-order valence-electron chi connectivity index (χ1n) is 8.49. The zero-order valence-corrected chi connectivity index (χ0v) is 14.8. The molecule has 0 aliphatic rings. The first-order chi connectivity index (χ1) is 8.49. The topological polar surface area (TPSA) is 0 Å². The van der Waals surface area contributed by atoms with E-state index in [0.29, 0.717) is 0 Å². The van der Waals surface area contributed by atoms with Gasteiger partial charge in [-0.05, 0) is 11.8 Å². The van der Waals surface area contributed by atoms with E-state index >= 15 is 0 Å². The minimum absolute atomic E-state index is 0. The van der Waals surface area contributed by atoms with E-state index in [9.17, 15) is 0 Å². The number of rotatable bonds is 7. The summed E-state index contributed by atoms with van der Waals surface area (Å²) in [6, 6.07) is 0. The lowest BCUT2D eigenvalue weighted by atomic mass is 10.1. The molecule has 0 fully saturated rings. The molecule has 0 saturated carbocycles. The van der Waals surface area contributed by atoms with Gasteiger partial charge in [0.05, 0.1) is 0 Å². The molecule has 0 radical (unpaired) electrons. The second kappa shape index (κ2) is 31.4. The summed E-state index contributed by atoms with van der Waals surface area (Å²) in [6.07, 6.45) is 10.9. The molecule has 0 saturated heterocycles. The maximum absolute atomic E-state index is 2.28. The summed E-state index contributed by atoms with van der Waals surface area (Å²) in [7, 11) is 0. The van der Waals surface area contributed by atoms with E-state index in [-0.39, 0.29) is 14.9 Å². The van der Waals surface area contributed by atoms with Crippen LogP contribution < -0.4 is 0 Å². The first kappa shape index (κ1) is 32.1. The van der Waals surface area contributed by atoms with Crippen LogP contribution in [0.2, 0.25) is 0 Å². The molecule has 20 heavy (non-hydrogen) atoms. The van der Waals surface area contributed by atoms with Crippen LogP contribution in [0.1, 0.15) is 122 Å². The summed E-state index contributed by atoms with van der Waals surface area (Å²) in [5.41, 5.74) is 0. The van der Waals surface area contributed by atoms with Crippen LogP contribution in [0.25, 0.3) is 0 Å². The Kier molecular flexibility index (Phi) is 50.4. The van der Waals surface area contributed by atoms with Gasteiger partial charge in [-0.1, -0.05) is 122 Å². The predicted molar refractivity (Wildman–Crippen MR) is 103 cm³/mol. The SMILES string of the molecule is C.C.CCC(C)CC.CCCC(C)C.CCCCCC. The molecule has 0 heterocycles. The van der Waals surface area contributed by atoms with Gasteiger partial charge in [-0.25, -0.2) is 0 Å².